The van der Waals surface area contributed by atoms with E-state index in [-0.39, 0.29) is 0 Å². The van der Waals surface area contributed by atoms with Crippen molar-refractivity contribution in [2.45, 2.75) is 5.66 Å². The van der Waals surface area contributed by atoms with Crippen LogP contribution in [0, 0.1) is 0 Å². The summed E-state index contributed by atoms with van der Waals surface area (Å²) in [5, 5.41) is 8.62. The second-order valence-electron chi connectivity index (χ2n) is 2.95. The van der Waals surface area contributed by atoms with Gasteiger partial charge in [-0.05, 0) is 11.6 Å². The van der Waals surface area contributed by atoms with E-state index >= 15 is 0 Å². The lowest BCUT2D eigenvalue weighted by Gasteiger charge is -2.03. The average molecular weight is 245 g/mol. The number of carboxylic acids is 1. The molecule has 0 bridgehead atoms. The van der Waals surface area contributed by atoms with E-state index in [1.165, 1.54) is 12.1 Å². The van der Waals surface area contributed by atoms with Crippen LogP contribution in [0.25, 0.3) is 6.08 Å². The largest absolute Gasteiger partial charge is 0.478 e. The van der Waals surface area contributed by atoms with Crippen molar-refractivity contribution in [3.63, 3.8) is 0 Å². The Morgan fingerprint density at radius 3 is 2.31 bits per heavy atom. The van der Waals surface area contributed by atoms with Gasteiger partial charge in [0.2, 0.25) is 0 Å². The Kier molecular flexibility index (Phi) is 3.85. The van der Waals surface area contributed by atoms with Crippen LogP contribution in [0.2, 0.25) is 0 Å². The van der Waals surface area contributed by atoms with Crippen molar-refractivity contribution in [2.75, 3.05) is 0 Å². The zero-order valence-corrected chi connectivity index (χ0v) is 8.98. The molecule has 1 aromatic rings. The number of benzene rings is 1. The minimum Gasteiger partial charge on any atom is -0.478 e. The number of carboxylic acid groups (broad SMARTS) is 1. The van der Waals surface area contributed by atoms with Crippen LogP contribution in [0.4, 0.5) is 8.78 Å². The molecular formula is C10H8F2O3P+. The number of hydrogen-bond acceptors (Lipinski definition) is 2. The summed E-state index contributed by atoms with van der Waals surface area (Å²) in [4.78, 5) is 10.6. The molecule has 0 amide bonds. The van der Waals surface area contributed by atoms with Crippen molar-refractivity contribution < 1.29 is 23.2 Å². The number of hydrogen-bond donors (Lipinski definition) is 1. The Bertz CT molecular complexity index is 429. The molecule has 0 aliphatic rings. The van der Waals surface area contributed by atoms with Gasteiger partial charge in [-0.15, -0.1) is 0 Å². The molecule has 0 saturated carbocycles. The first kappa shape index (κ1) is 12.5. The van der Waals surface area contributed by atoms with E-state index in [1.54, 1.807) is 18.2 Å². The smallest absolute Gasteiger partial charge is 0.474 e. The minimum atomic E-state index is -3.83. The molecule has 6 heteroatoms. The van der Waals surface area contributed by atoms with E-state index in [0.29, 0.717) is 5.56 Å². The molecule has 84 valence electrons. The lowest BCUT2D eigenvalue weighted by atomic mass is 10.1. The SMILES string of the molecule is O=[PH+]C(F)(F)C(=Cc1ccccc1)C(=O)O. The van der Waals surface area contributed by atoms with Gasteiger partial charge in [-0.3, -0.25) is 0 Å². The average Bonchev–Trinajstić information content (AvgIpc) is 2.26. The van der Waals surface area contributed by atoms with Crippen LogP contribution in [-0.2, 0) is 9.36 Å². The van der Waals surface area contributed by atoms with Gasteiger partial charge in [0, 0.05) is 0 Å². The van der Waals surface area contributed by atoms with E-state index in [0.717, 1.165) is 6.08 Å². The molecule has 1 atom stereocenters. The van der Waals surface area contributed by atoms with Gasteiger partial charge in [-0.1, -0.05) is 34.9 Å². The molecule has 3 nitrogen and oxygen atoms in total. The molecule has 1 aromatic carbocycles. The molecule has 0 aromatic heterocycles. The summed E-state index contributed by atoms with van der Waals surface area (Å²) >= 11 is 0. The van der Waals surface area contributed by atoms with Gasteiger partial charge in [-0.25, -0.2) is 4.79 Å². The summed E-state index contributed by atoms with van der Waals surface area (Å²) < 4.78 is 36.3. The molecule has 0 radical (unpaired) electrons. The van der Waals surface area contributed by atoms with Gasteiger partial charge in [0.05, 0.1) is 0 Å². The van der Waals surface area contributed by atoms with E-state index < -0.39 is 25.7 Å². The highest BCUT2D eigenvalue weighted by Gasteiger charge is 2.47. The molecule has 0 fully saturated rings. The topological polar surface area (TPSA) is 54.4 Å². The third kappa shape index (κ3) is 2.94. The van der Waals surface area contributed by atoms with Crippen LogP contribution in [0.1, 0.15) is 5.56 Å². The predicted octanol–water partition coefficient (Wildman–Crippen LogP) is 2.77. The highest BCUT2D eigenvalue weighted by Crippen LogP contribution is 2.36. The standard InChI is InChI=1S/C10H7F2O3P/c11-10(12,16-15)8(9(13)14)6-7-4-2-1-3-5-7/h1-6H,(H,13,14)/p+1. The second kappa shape index (κ2) is 4.94. The molecule has 1 rings (SSSR count). The summed E-state index contributed by atoms with van der Waals surface area (Å²) in [7, 11) is -2.02. The quantitative estimate of drug-likeness (QED) is 0.655. The first-order chi connectivity index (χ1) is 7.47. The van der Waals surface area contributed by atoms with Gasteiger partial charge in [0.15, 0.2) is 5.57 Å². The maximum Gasteiger partial charge on any atom is 0.474 e. The highest BCUT2D eigenvalue weighted by molar-refractivity contribution is 7.26. The summed E-state index contributed by atoms with van der Waals surface area (Å²) in [6, 6.07) is 7.80. The third-order valence-electron chi connectivity index (χ3n) is 1.81. The van der Waals surface area contributed by atoms with E-state index in [9.17, 15) is 18.1 Å². The van der Waals surface area contributed by atoms with E-state index in [1.807, 2.05) is 0 Å². The third-order valence-corrected chi connectivity index (χ3v) is 2.33. The first-order valence-corrected chi connectivity index (χ1v) is 5.16. The predicted molar refractivity (Wildman–Crippen MR) is 56.0 cm³/mol. The van der Waals surface area contributed by atoms with Crippen molar-refractivity contribution >= 4 is 20.5 Å². The summed E-state index contributed by atoms with van der Waals surface area (Å²) in [5.74, 6) is -1.78. The van der Waals surface area contributed by atoms with E-state index in [4.69, 9.17) is 5.11 Å². The Morgan fingerprint density at radius 1 is 1.31 bits per heavy atom. The first-order valence-electron chi connectivity index (χ1n) is 4.25. The van der Waals surface area contributed by atoms with Crippen molar-refractivity contribution in [3.8, 4) is 0 Å². The van der Waals surface area contributed by atoms with Crippen LogP contribution in [0.15, 0.2) is 35.9 Å². The number of halogens is 2. The molecule has 1 unspecified atom stereocenters. The highest BCUT2D eigenvalue weighted by atomic mass is 31.1. The Morgan fingerprint density at radius 2 is 1.88 bits per heavy atom. The van der Waals surface area contributed by atoms with Gasteiger partial charge in [0.1, 0.15) is 0 Å². The van der Waals surface area contributed by atoms with Crippen LogP contribution < -0.4 is 0 Å². The fourth-order valence-electron chi connectivity index (χ4n) is 1.06. The molecule has 0 spiro atoms. The van der Waals surface area contributed by atoms with Crippen molar-refractivity contribution in [2.24, 2.45) is 0 Å². The lowest BCUT2D eigenvalue weighted by Crippen LogP contribution is -2.18. The molecule has 0 saturated heterocycles. The zero-order valence-electron chi connectivity index (χ0n) is 7.98. The van der Waals surface area contributed by atoms with Gasteiger partial charge < -0.3 is 5.11 Å². The molecule has 0 aliphatic carbocycles. The van der Waals surface area contributed by atoms with E-state index in [2.05, 4.69) is 0 Å². The minimum absolute atomic E-state index is 0.317. The Labute approximate surface area is 91.6 Å². The monoisotopic (exact) mass is 245 g/mol. The molecule has 0 aliphatic heterocycles. The molecule has 1 N–H and O–H groups in total. The Hall–Kier alpha value is -1.61. The lowest BCUT2D eigenvalue weighted by molar-refractivity contribution is -0.134. The molecule has 16 heavy (non-hydrogen) atoms. The van der Waals surface area contributed by atoms with Gasteiger partial charge in [0.25, 0.3) is 0 Å². The van der Waals surface area contributed by atoms with Crippen LogP contribution in [-0.4, -0.2) is 16.7 Å². The van der Waals surface area contributed by atoms with Crippen molar-refractivity contribution in [3.05, 3.63) is 41.5 Å². The van der Waals surface area contributed by atoms with Crippen LogP contribution in [0.5, 0.6) is 0 Å². The fraction of sp³-hybridized carbons (Fsp3) is 0.100. The van der Waals surface area contributed by atoms with Crippen LogP contribution >= 0.6 is 8.46 Å². The molecule has 0 heterocycles. The summed E-state index contributed by atoms with van der Waals surface area (Å²) in [6.45, 7) is 0. The maximum absolute atomic E-state index is 13.0. The fourth-order valence-corrected chi connectivity index (χ4v) is 1.35. The summed E-state index contributed by atoms with van der Waals surface area (Å²) in [6.07, 6.45) is 0.813. The normalized spacial score (nSPS) is 12.8. The van der Waals surface area contributed by atoms with Gasteiger partial charge >= 0.3 is 20.1 Å². The Balaban J connectivity index is 3.19. The zero-order chi connectivity index (χ0) is 12.2. The number of alkyl halides is 2. The number of carbonyl (C=O) groups is 1. The number of aliphatic carboxylic acids is 1. The van der Waals surface area contributed by atoms with Crippen molar-refractivity contribution in [1.29, 1.82) is 0 Å². The maximum atomic E-state index is 13.0. The second-order valence-corrected chi connectivity index (χ2v) is 3.78. The van der Waals surface area contributed by atoms with Crippen molar-refractivity contribution in [1.82, 2.24) is 0 Å². The van der Waals surface area contributed by atoms with Crippen LogP contribution in [0.3, 0.4) is 0 Å². The summed E-state index contributed by atoms with van der Waals surface area (Å²) in [5.41, 5.74) is -4.69. The van der Waals surface area contributed by atoms with Gasteiger partial charge in [-0.2, -0.15) is 8.78 Å². The number of rotatable bonds is 4. The molecular weight excluding hydrogens is 237 g/mol.